The Labute approximate surface area is 126 Å². The second-order valence-corrected chi connectivity index (χ2v) is 7.50. The van der Waals surface area contributed by atoms with Crippen LogP contribution in [0.4, 0.5) is 0 Å². The number of benzene rings is 1. The zero-order valence-corrected chi connectivity index (χ0v) is 12.4. The summed E-state index contributed by atoms with van der Waals surface area (Å²) in [6.45, 7) is 0. The maximum atomic E-state index is 12.8. The zero-order valence-electron chi connectivity index (χ0n) is 12.4. The molecule has 2 bridgehead atoms. The van der Waals surface area contributed by atoms with E-state index in [2.05, 4.69) is 30.3 Å². The van der Waals surface area contributed by atoms with E-state index in [9.17, 15) is 4.79 Å². The van der Waals surface area contributed by atoms with Crippen LogP contribution in [-0.2, 0) is 4.79 Å². The molecule has 4 atom stereocenters. The smallest absolute Gasteiger partial charge is 0.161 e. The molecule has 2 saturated carbocycles. The summed E-state index contributed by atoms with van der Waals surface area (Å²) in [7, 11) is 0. The Morgan fingerprint density at radius 1 is 0.952 bits per heavy atom. The molecule has 0 aliphatic heterocycles. The van der Waals surface area contributed by atoms with E-state index in [1.165, 1.54) is 31.3 Å². The number of carbonyl (C=O) groups is 1. The summed E-state index contributed by atoms with van der Waals surface area (Å²) >= 11 is 0. The van der Waals surface area contributed by atoms with E-state index in [1.54, 1.807) is 11.1 Å². The molecule has 1 heteroatoms. The lowest BCUT2D eigenvalue weighted by Crippen LogP contribution is -2.36. The van der Waals surface area contributed by atoms with Crippen LogP contribution in [0, 0.1) is 17.8 Å². The van der Waals surface area contributed by atoms with Gasteiger partial charge in [-0.25, -0.2) is 0 Å². The standard InChI is InChI=1S/C20H22O/c21-20(12-6-2-1-3-7-12)18-11-17-15-10-16(19(17)18)14-9-5-4-8-13(14)15/h4-5,8-9,11-12,15-17,19H,1-3,6-7,10H2/t15-,16+,17-,19+/m1/s1. The fourth-order valence-corrected chi connectivity index (χ4v) is 5.63. The molecule has 0 heterocycles. The number of ketones is 1. The Bertz CT molecular complexity index is 635. The highest BCUT2D eigenvalue weighted by molar-refractivity contribution is 5.99. The number of Topliss-reactive ketones (excluding diaryl/α,β-unsaturated/α-hetero) is 1. The molecular weight excluding hydrogens is 256 g/mol. The van der Waals surface area contributed by atoms with Crippen molar-refractivity contribution in [1.29, 1.82) is 0 Å². The van der Waals surface area contributed by atoms with Crippen molar-refractivity contribution in [1.82, 2.24) is 0 Å². The summed E-state index contributed by atoms with van der Waals surface area (Å²) in [6.07, 6.45) is 9.75. The zero-order chi connectivity index (χ0) is 14.0. The second-order valence-electron chi connectivity index (χ2n) is 7.50. The average Bonchev–Trinajstić information content (AvgIpc) is 3.00. The van der Waals surface area contributed by atoms with Crippen LogP contribution in [0.1, 0.15) is 61.5 Å². The maximum Gasteiger partial charge on any atom is 0.161 e. The van der Waals surface area contributed by atoms with Crippen LogP contribution in [-0.4, -0.2) is 5.78 Å². The monoisotopic (exact) mass is 278 g/mol. The SMILES string of the molecule is O=C(C1=C[C@H]2[C@@H]1[C@H]1C[C@@H]2c2ccccc21)C1CCCCC1. The van der Waals surface area contributed by atoms with E-state index in [4.69, 9.17) is 0 Å². The lowest BCUT2D eigenvalue weighted by Gasteiger charge is -2.41. The predicted octanol–water partition coefficient (Wildman–Crippen LogP) is 4.59. The van der Waals surface area contributed by atoms with Crippen LogP contribution in [0.25, 0.3) is 0 Å². The van der Waals surface area contributed by atoms with Crippen LogP contribution in [0.5, 0.6) is 0 Å². The van der Waals surface area contributed by atoms with E-state index in [1.807, 2.05) is 0 Å². The van der Waals surface area contributed by atoms with Gasteiger partial charge in [0.2, 0.25) is 0 Å². The molecule has 4 aliphatic rings. The van der Waals surface area contributed by atoms with Crippen molar-refractivity contribution in [3.8, 4) is 0 Å². The van der Waals surface area contributed by atoms with Crippen LogP contribution in [0.3, 0.4) is 0 Å². The van der Waals surface area contributed by atoms with Gasteiger partial charge in [-0.1, -0.05) is 49.6 Å². The van der Waals surface area contributed by atoms with Gasteiger partial charge in [-0.2, -0.15) is 0 Å². The van der Waals surface area contributed by atoms with E-state index >= 15 is 0 Å². The molecule has 1 nitrogen and oxygen atoms in total. The van der Waals surface area contributed by atoms with Gasteiger partial charge in [0.15, 0.2) is 5.78 Å². The molecule has 21 heavy (non-hydrogen) atoms. The van der Waals surface area contributed by atoms with Gasteiger partial charge in [0.25, 0.3) is 0 Å². The van der Waals surface area contributed by atoms with Crippen molar-refractivity contribution in [2.75, 3.05) is 0 Å². The van der Waals surface area contributed by atoms with E-state index in [0.29, 0.717) is 35.4 Å². The summed E-state index contributed by atoms with van der Waals surface area (Å²) in [5.41, 5.74) is 4.34. The average molecular weight is 278 g/mol. The third kappa shape index (κ3) is 1.55. The molecule has 5 rings (SSSR count). The first-order chi connectivity index (χ1) is 10.3. The summed E-state index contributed by atoms with van der Waals surface area (Å²) in [5.74, 6) is 3.45. The highest BCUT2D eigenvalue weighted by Crippen LogP contribution is 2.66. The first kappa shape index (κ1) is 12.2. The molecule has 0 amide bonds. The highest BCUT2D eigenvalue weighted by Gasteiger charge is 2.56. The molecule has 2 fully saturated rings. The van der Waals surface area contributed by atoms with Crippen LogP contribution >= 0.6 is 0 Å². The van der Waals surface area contributed by atoms with Crippen LogP contribution in [0.15, 0.2) is 35.9 Å². The van der Waals surface area contributed by atoms with Gasteiger partial charge in [0, 0.05) is 11.8 Å². The number of hydrogen-bond donors (Lipinski definition) is 0. The molecule has 108 valence electrons. The van der Waals surface area contributed by atoms with Crippen molar-refractivity contribution >= 4 is 5.78 Å². The third-order valence-corrected chi connectivity index (χ3v) is 6.61. The van der Waals surface area contributed by atoms with Gasteiger partial charge in [-0.3, -0.25) is 4.79 Å². The number of hydrogen-bond acceptors (Lipinski definition) is 1. The van der Waals surface area contributed by atoms with Crippen molar-refractivity contribution in [2.24, 2.45) is 17.8 Å². The topological polar surface area (TPSA) is 17.1 Å². The lowest BCUT2D eigenvalue weighted by atomic mass is 9.62. The van der Waals surface area contributed by atoms with Crippen molar-refractivity contribution in [3.05, 3.63) is 47.0 Å². The molecule has 0 radical (unpaired) electrons. The fraction of sp³-hybridized carbons (Fsp3) is 0.550. The molecule has 1 aromatic carbocycles. The van der Waals surface area contributed by atoms with Gasteiger partial charge in [0.05, 0.1) is 0 Å². The van der Waals surface area contributed by atoms with E-state index in [0.717, 1.165) is 12.8 Å². The fourth-order valence-electron chi connectivity index (χ4n) is 5.63. The molecule has 1 aromatic rings. The van der Waals surface area contributed by atoms with Crippen molar-refractivity contribution in [3.63, 3.8) is 0 Å². The molecule has 4 aliphatic carbocycles. The predicted molar refractivity (Wildman–Crippen MR) is 83.2 cm³/mol. The summed E-state index contributed by atoms with van der Waals surface area (Å²) in [4.78, 5) is 12.8. The Kier molecular flexibility index (Phi) is 2.51. The normalized spacial score (nSPS) is 36.7. The van der Waals surface area contributed by atoms with Crippen molar-refractivity contribution in [2.45, 2.75) is 50.4 Å². The minimum Gasteiger partial charge on any atom is -0.294 e. The highest BCUT2D eigenvalue weighted by atomic mass is 16.1. The van der Waals surface area contributed by atoms with E-state index < -0.39 is 0 Å². The molecule has 0 saturated heterocycles. The molecule has 0 unspecified atom stereocenters. The molecular formula is C20H22O. The third-order valence-electron chi connectivity index (χ3n) is 6.61. The Balaban J connectivity index is 1.43. The van der Waals surface area contributed by atoms with Gasteiger partial charge in [-0.15, -0.1) is 0 Å². The Morgan fingerprint density at radius 2 is 1.67 bits per heavy atom. The quantitative estimate of drug-likeness (QED) is 0.773. The first-order valence-electron chi connectivity index (χ1n) is 8.69. The minimum atomic E-state index is 0.348. The van der Waals surface area contributed by atoms with Crippen LogP contribution in [0.2, 0.25) is 0 Å². The van der Waals surface area contributed by atoms with Gasteiger partial charge >= 0.3 is 0 Å². The summed E-state index contributed by atoms with van der Waals surface area (Å²) in [6, 6.07) is 8.95. The van der Waals surface area contributed by atoms with Gasteiger partial charge in [-0.05, 0) is 53.7 Å². The molecule has 0 N–H and O–H groups in total. The number of carbonyl (C=O) groups excluding carboxylic acids is 1. The number of fused-ring (bicyclic) bond motifs is 8. The van der Waals surface area contributed by atoms with Gasteiger partial charge < -0.3 is 0 Å². The minimum absolute atomic E-state index is 0.348. The maximum absolute atomic E-state index is 12.8. The lowest BCUT2D eigenvalue weighted by molar-refractivity contribution is -0.121. The Hall–Kier alpha value is -1.37. The summed E-state index contributed by atoms with van der Waals surface area (Å²) < 4.78 is 0. The van der Waals surface area contributed by atoms with Crippen molar-refractivity contribution < 1.29 is 4.79 Å². The second kappa shape index (κ2) is 4.32. The van der Waals surface area contributed by atoms with Crippen LogP contribution < -0.4 is 0 Å². The van der Waals surface area contributed by atoms with Gasteiger partial charge in [0.1, 0.15) is 0 Å². The molecule has 0 spiro atoms. The Morgan fingerprint density at radius 3 is 2.43 bits per heavy atom. The first-order valence-corrected chi connectivity index (χ1v) is 8.69. The van der Waals surface area contributed by atoms with E-state index in [-0.39, 0.29) is 0 Å². The largest absolute Gasteiger partial charge is 0.294 e. The summed E-state index contributed by atoms with van der Waals surface area (Å²) in [5, 5.41) is 0. The number of allylic oxidation sites excluding steroid dienone is 2. The molecule has 0 aromatic heterocycles. The number of rotatable bonds is 2.